The number of carbonyl (C=O) groups is 3. The van der Waals surface area contributed by atoms with E-state index in [1.54, 1.807) is 78.9 Å². The first-order valence-corrected chi connectivity index (χ1v) is 12.3. The topological polar surface area (TPSA) is 96.9 Å². The molecule has 0 bridgehead atoms. The Kier molecular flexibility index (Phi) is 8.93. The van der Waals surface area contributed by atoms with Crippen LogP contribution < -0.4 is 15.5 Å². The number of para-hydroxylation sites is 2. The molecule has 4 aromatic rings. The largest absolute Gasteiger partial charge is 0.423 e. The monoisotopic (exact) mass is 567 g/mol. The van der Waals surface area contributed by atoms with Crippen LogP contribution in [0.4, 0.5) is 5.69 Å². The van der Waals surface area contributed by atoms with Gasteiger partial charge in [0.25, 0.3) is 11.8 Å². The van der Waals surface area contributed by atoms with Crippen molar-refractivity contribution in [1.29, 1.82) is 0 Å². The van der Waals surface area contributed by atoms with Gasteiger partial charge in [-0.25, -0.2) is 10.2 Å². The number of benzene rings is 4. The van der Waals surface area contributed by atoms with E-state index < -0.39 is 11.9 Å². The zero-order chi connectivity index (χ0) is 26.7. The summed E-state index contributed by atoms with van der Waals surface area (Å²) in [4.78, 5) is 37.7. The molecule has 0 aromatic heterocycles. The molecule has 8 heteroatoms. The molecule has 0 saturated carbocycles. The second-order valence-corrected chi connectivity index (χ2v) is 8.82. The molecule has 0 radical (unpaired) electrons. The molecule has 0 aliphatic carbocycles. The van der Waals surface area contributed by atoms with Gasteiger partial charge < -0.3 is 10.1 Å². The minimum atomic E-state index is -0.547. The zero-order valence-corrected chi connectivity index (χ0v) is 21.6. The number of hydrogen-bond acceptors (Lipinski definition) is 5. The van der Waals surface area contributed by atoms with Crippen LogP contribution in [0.2, 0.25) is 0 Å². The summed E-state index contributed by atoms with van der Waals surface area (Å²) in [5.74, 6) is -1.13. The third-order valence-electron chi connectivity index (χ3n) is 5.24. The highest BCUT2D eigenvalue weighted by Gasteiger charge is 2.14. The summed E-state index contributed by atoms with van der Waals surface area (Å²) in [7, 11) is 0. The lowest BCUT2D eigenvalue weighted by Gasteiger charge is -2.10. The van der Waals surface area contributed by atoms with Crippen LogP contribution in [-0.2, 0) is 4.79 Å². The van der Waals surface area contributed by atoms with Crippen molar-refractivity contribution in [3.8, 4) is 5.75 Å². The number of nitrogens with zero attached hydrogens (tertiary/aromatic N) is 1. The Morgan fingerprint density at radius 1 is 0.763 bits per heavy atom. The number of ether oxygens (including phenoxy) is 1. The second-order valence-electron chi connectivity index (χ2n) is 7.91. The molecule has 0 saturated heterocycles. The maximum atomic E-state index is 12.8. The van der Waals surface area contributed by atoms with Crippen molar-refractivity contribution in [2.75, 3.05) is 5.32 Å². The number of anilines is 1. The van der Waals surface area contributed by atoms with Crippen molar-refractivity contribution in [3.05, 3.63) is 136 Å². The van der Waals surface area contributed by atoms with Crippen molar-refractivity contribution < 1.29 is 19.1 Å². The molecular weight excluding hydrogens is 546 g/mol. The molecule has 0 spiro atoms. The second kappa shape index (κ2) is 12.9. The highest BCUT2D eigenvalue weighted by atomic mass is 79.9. The first kappa shape index (κ1) is 26.2. The molecule has 38 heavy (non-hydrogen) atoms. The van der Waals surface area contributed by atoms with Crippen molar-refractivity contribution in [2.45, 2.75) is 0 Å². The van der Waals surface area contributed by atoms with E-state index >= 15 is 0 Å². The molecule has 0 fully saturated rings. The quantitative estimate of drug-likeness (QED) is 0.0885. The van der Waals surface area contributed by atoms with Crippen molar-refractivity contribution >= 4 is 51.7 Å². The highest BCUT2D eigenvalue weighted by molar-refractivity contribution is 9.10. The lowest BCUT2D eigenvalue weighted by atomic mass is 10.1. The standard InChI is InChI=1S/C30H22BrN3O4/c31-24-17-15-22(16-18-24)29(36)33-26-12-6-5-11-25(26)30(37)34-32-20-23-10-4-7-13-27(23)38-28(35)19-14-21-8-2-1-3-9-21/h1-20H,(H,33,36)(H,34,37)/b19-14+,32-20-. The van der Waals surface area contributed by atoms with Gasteiger partial charge in [-0.2, -0.15) is 5.10 Å². The van der Waals surface area contributed by atoms with E-state index in [2.05, 4.69) is 31.8 Å². The molecule has 0 aliphatic heterocycles. The summed E-state index contributed by atoms with van der Waals surface area (Å²) >= 11 is 3.34. The molecular formula is C30H22BrN3O4. The molecule has 0 aliphatic rings. The fourth-order valence-electron chi connectivity index (χ4n) is 3.36. The molecule has 4 aromatic carbocycles. The van der Waals surface area contributed by atoms with Crippen LogP contribution in [0.3, 0.4) is 0 Å². The van der Waals surface area contributed by atoms with Crippen LogP contribution in [0.25, 0.3) is 6.08 Å². The number of nitrogens with one attached hydrogen (secondary N) is 2. The van der Waals surface area contributed by atoms with E-state index in [1.807, 2.05) is 30.3 Å². The average molecular weight is 568 g/mol. The molecule has 0 heterocycles. The minimum Gasteiger partial charge on any atom is -0.423 e. The number of hydrazone groups is 1. The number of halogens is 1. The highest BCUT2D eigenvalue weighted by Crippen LogP contribution is 2.19. The molecule has 188 valence electrons. The summed E-state index contributed by atoms with van der Waals surface area (Å²) in [5, 5.41) is 6.77. The minimum absolute atomic E-state index is 0.237. The van der Waals surface area contributed by atoms with Crippen LogP contribution in [0.5, 0.6) is 5.75 Å². The predicted octanol–water partition coefficient (Wildman–Crippen LogP) is 6.08. The third kappa shape index (κ3) is 7.35. The van der Waals surface area contributed by atoms with Crippen LogP contribution in [-0.4, -0.2) is 24.0 Å². The van der Waals surface area contributed by atoms with Gasteiger partial charge in [-0.1, -0.05) is 70.5 Å². The van der Waals surface area contributed by atoms with Gasteiger partial charge in [0.05, 0.1) is 17.5 Å². The van der Waals surface area contributed by atoms with Crippen molar-refractivity contribution in [2.24, 2.45) is 5.10 Å². The summed E-state index contributed by atoms with van der Waals surface area (Å²) in [6.45, 7) is 0. The summed E-state index contributed by atoms with van der Waals surface area (Å²) in [6, 6.07) is 29.7. The van der Waals surface area contributed by atoms with Gasteiger partial charge in [-0.05, 0) is 60.2 Å². The maximum Gasteiger partial charge on any atom is 0.336 e. The lowest BCUT2D eigenvalue weighted by molar-refractivity contribution is -0.128. The van der Waals surface area contributed by atoms with E-state index in [9.17, 15) is 14.4 Å². The number of esters is 1. The number of amides is 2. The predicted molar refractivity (Wildman–Crippen MR) is 151 cm³/mol. The average Bonchev–Trinajstić information content (AvgIpc) is 2.94. The summed E-state index contributed by atoms with van der Waals surface area (Å²) in [5.41, 5.74) is 4.84. The molecule has 2 N–H and O–H groups in total. The van der Waals surface area contributed by atoms with Gasteiger partial charge in [-0.15, -0.1) is 0 Å². The van der Waals surface area contributed by atoms with Crippen molar-refractivity contribution in [3.63, 3.8) is 0 Å². The Morgan fingerprint density at radius 2 is 1.45 bits per heavy atom. The summed E-state index contributed by atoms with van der Waals surface area (Å²) < 4.78 is 6.29. The first-order chi connectivity index (χ1) is 18.5. The van der Waals surface area contributed by atoms with Gasteiger partial charge >= 0.3 is 5.97 Å². The SMILES string of the molecule is O=C(/C=C/c1ccccc1)Oc1ccccc1/C=N\NC(=O)c1ccccc1NC(=O)c1ccc(Br)cc1. The van der Waals surface area contributed by atoms with E-state index in [0.29, 0.717) is 16.8 Å². The van der Waals surface area contributed by atoms with Gasteiger partial charge in [0.15, 0.2) is 0 Å². The number of rotatable bonds is 8. The maximum absolute atomic E-state index is 12.8. The van der Waals surface area contributed by atoms with Gasteiger partial charge in [0.2, 0.25) is 0 Å². The number of hydrogen-bond donors (Lipinski definition) is 2. The fourth-order valence-corrected chi connectivity index (χ4v) is 3.62. The Bertz CT molecular complexity index is 1500. The summed E-state index contributed by atoms with van der Waals surface area (Å²) in [6.07, 6.45) is 4.38. The van der Waals surface area contributed by atoms with Crippen LogP contribution in [0, 0.1) is 0 Å². The van der Waals surface area contributed by atoms with E-state index in [4.69, 9.17) is 4.74 Å². The van der Waals surface area contributed by atoms with E-state index in [-0.39, 0.29) is 17.2 Å². The molecule has 7 nitrogen and oxygen atoms in total. The number of carbonyl (C=O) groups excluding carboxylic acids is 3. The van der Waals surface area contributed by atoms with Gasteiger partial charge in [0, 0.05) is 21.7 Å². The van der Waals surface area contributed by atoms with Crippen LogP contribution in [0.1, 0.15) is 31.8 Å². The van der Waals surface area contributed by atoms with Crippen LogP contribution in [0.15, 0.2) is 119 Å². The van der Waals surface area contributed by atoms with E-state index in [1.165, 1.54) is 12.3 Å². The third-order valence-corrected chi connectivity index (χ3v) is 5.77. The molecule has 2 amide bonds. The molecule has 0 atom stereocenters. The van der Waals surface area contributed by atoms with Crippen LogP contribution >= 0.6 is 15.9 Å². The smallest absolute Gasteiger partial charge is 0.336 e. The Labute approximate surface area is 228 Å². The fraction of sp³-hybridized carbons (Fsp3) is 0. The lowest BCUT2D eigenvalue weighted by Crippen LogP contribution is -2.21. The Balaban J connectivity index is 1.41. The Hall–Kier alpha value is -4.82. The zero-order valence-electron chi connectivity index (χ0n) is 20.0. The van der Waals surface area contributed by atoms with Crippen molar-refractivity contribution in [1.82, 2.24) is 5.43 Å². The molecule has 0 unspecified atom stereocenters. The Morgan fingerprint density at radius 3 is 2.24 bits per heavy atom. The normalized spacial score (nSPS) is 10.9. The molecule has 4 rings (SSSR count). The van der Waals surface area contributed by atoms with E-state index in [0.717, 1.165) is 10.0 Å². The first-order valence-electron chi connectivity index (χ1n) is 11.5. The van der Waals surface area contributed by atoms with Gasteiger partial charge in [-0.3, -0.25) is 9.59 Å². The van der Waals surface area contributed by atoms with Gasteiger partial charge in [0.1, 0.15) is 5.75 Å².